The van der Waals surface area contributed by atoms with Crippen LogP contribution in [0.3, 0.4) is 0 Å². The first kappa shape index (κ1) is 24.7. The smallest absolute Gasteiger partial charge is 0.156 e. The minimum absolute atomic E-state index is 0.0944. The van der Waals surface area contributed by atoms with E-state index in [0.29, 0.717) is 9.98 Å². The Kier molecular flexibility index (Phi) is 9.39. The number of ketones is 2. The minimum Gasteiger partial charge on any atom is -0.298 e. The first-order valence-electron chi connectivity index (χ1n) is 9.82. The molecule has 0 N–H and O–H groups in total. The van der Waals surface area contributed by atoms with E-state index in [-0.39, 0.29) is 31.1 Å². The van der Waals surface area contributed by atoms with Crippen LogP contribution in [0.1, 0.15) is 17.5 Å². The fourth-order valence-electron chi connectivity index (χ4n) is 2.90. The SMILES string of the molecule is CN(CC(=O)CC(=O)CN(C)N(C)C(=S)c1ccccc1)N(C)C(=S)c1ccccc1. The van der Waals surface area contributed by atoms with E-state index in [0.717, 1.165) is 11.1 Å². The molecule has 0 unspecified atom stereocenters. The van der Waals surface area contributed by atoms with Gasteiger partial charge in [0, 0.05) is 39.3 Å². The maximum atomic E-state index is 12.4. The molecule has 0 fully saturated rings. The number of carbonyl (C=O) groups excluding carboxylic acids is 2. The van der Waals surface area contributed by atoms with Crippen molar-refractivity contribution in [2.24, 2.45) is 0 Å². The average molecular weight is 457 g/mol. The van der Waals surface area contributed by atoms with Crippen LogP contribution >= 0.6 is 24.4 Å². The van der Waals surface area contributed by atoms with Crippen LogP contribution in [0.5, 0.6) is 0 Å². The number of thiocarbonyl (C=S) groups is 2. The number of rotatable bonds is 10. The van der Waals surface area contributed by atoms with Crippen molar-refractivity contribution in [1.29, 1.82) is 0 Å². The van der Waals surface area contributed by atoms with Gasteiger partial charge in [-0.25, -0.2) is 10.0 Å². The highest BCUT2D eigenvalue weighted by atomic mass is 32.1. The van der Waals surface area contributed by atoms with E-state index >= 15 is 0 Å². The first-order valence-corrected chi connectivity index (χ1v) is 10.6. The molecule has 0 atom stereocenters. The van der Waals surface area contributed by atoms with Crippen LogP contribution in [0.2, 0.25) is 0 Å². The lowest BCUT2D eigenvalue weighted by atomic mass is 10.2. The molecule has 164 valence electrons. The Morgan fingerprint density at radius 2 is 0.968 bits per heavy atom. The summed E-state index contributed by atoms with van der Waals surface area (Å²) in [7, 11) is 7.15. The summed E-state index contributed by atoms with van der Waals surface area (Å²) < 4.78 is 0. The first-order chi connectivity index (χ1) is 14.7. The van der Waals surface area contributed by atoms with Crippen LogP contribution in [-0.4, -0.2) is 82.9 Å². The number of nitrogens with zero attached hydrogens (tertiary/aromatic N) is 4. The van der Waals surface area contributed by atoms with E-state index in [1.54, 1.807) is 48.2 Å². The summed E-state index contributed by atoms with van der Waals surface area (Å²) >= 11 is 11.0. The van der Waals surface area contributed by atoms with Crippen molar-refractivity contribution in [1.82, 2.24) is 20.0 Å². The molecule has 0 spiro atoms. The lowest BCUT2D eigenvalue weighted by molar-refractivity contribution is -0.130. The van der Waals surface area contributed by atoms with E-state index in [1.807, 2.05) is 60.7 Å². The summed E-state index contributed by atoms with van der Waals surface area (Å²) in [5.74, 6) is -0.339. The lowest BCUT2D eigenvalue weighted by Crippen LogP contribution is -2.45. The van der Waals surface area contributed by atoms with Crippen molar-refractivity contribution in [3.63, 3.8) is 0 Å². The van der Waals surface area contributed by atoms with Crippen molar-refractivity contribution in [2.75, 3.05) is 41.3 Å². The highest BCUT2D eigenvalue weighted by Gasteiger charge is 2.20. The summed E-state index contributed by atoms with van der Waals surface area (Å²) in [6.45, 7) is 0.189. The van der Waals surface area contributed by atoms with Crippen molar-refractivity contribution in [3.05, 3.63) is 71.8 Å². The number of hydrogen-bond acceptors (Lipinski definition) is 6. The monoisotopic (exact) mass is 456 g/mol. The normalized spacial score (nSPS) is 10.8. The van der Waals surface area contributed by atoms with Gasteiger partial charge in [0.25, 0.3) is 0 Å². The zero-order chi connectivity index (χ0) is 23.0. The Labute approximate surface area is 195 Å². The minimum atomic E-state index is -0.170. The van der Waals surface area contributed by atoms with Crippen LogP contribution in [0.15, 0.2) is 60.7 Å². The molecule has 0 saturated carbocycles. The van der Waals surface area contributed by atoms with Gasteiger partial charge in [-0.05, 0) is 0 Å². The van der Waals surface area contributed by atoms with E-state index in [2.05, 4.69) is 0 Å². The van der Waals surface area contributed by atoms with Crippen LogP contribution in [-0.2, 0) is 9.59 Å². The second-order valence-electron chi connectivity index (χ2n) is 7.28. The summed E-state index contributed by atoms with van der Waals surface area (Å²) in [6, 6.07) is 19.2. The highest BCUT2D eigenvalue weighted by Crippen LogP contribution is 2.08. The van der Waals surface area contributed by atoms with Crippen LogP contribution in [0, 0.1) is 0 Å². The maximum Gasteiger partial charge on any atom is 0.156 e. The molecule has 0 aromatic heterocycles. The molecule has 6 nitrogen and oxygen atoms in total. The van der Waals surface area contributed by atoms with Gasteiger partial charge < -0.3 is 0 Å². The van der Waals surface area contributed by atoms with Gasteiger partial charge >= 0.3 is 0 Å². The van der Waals surface area contributed by atoms with Gasteiger partial charge in [-0.15, -0.1) is 0 Å². The Bertz CT molecular complexity index is 846. The molecule has 8 heteroatoms. The molecule has 0 bridgehead atoms. The molecule has 0 aliphatic rings. The predicted molar refractivity (Wildman–Crippen MR) is 132 cm³/mol. The fourth-order valence-corrected chi connectivity index (χ4v) is 3.45. The van der Waals surface area contributed by atoms with E-state index in [4.69, 9.17) is 24.4 Å². The quantitative estimate of drug-likeness (QED) is 0.307. The van der Waals surface area contributed by atoms with Crippen LogP contribution < -0.4 is 0 Å². The van der Waals surface area contributed by atoms with Crippen molar-refractivity contribution < 1.29 is 9.59 Å². The Balaban J connectivity index is 1.84. The summed E-state index contributed by atoms with van der Waals surface area (Å²) in [5.41, 5.74) is 1.80. The van der Waals surface area contributed by atoms with Crippen LogP contribution in [0.4, 0.5) is 0 Å². The average Bonchev–Trinajstić information content (AvgIpc) is 2.77. The van der Waals surface area contributed by atoms with E-state index < -0.39 is 0 Å². The number of carbonyl (C=O) groups is 2. The van der Waals surface area contributed by atoms with Gasteiger partial charge in [-0.2, -0.15) is 0 Å². The second kappa shape index (κ2) is 11.8. The van der Waals surface area contributed by atoms with Gasteiger partial charge in [0.05, 0.1) is 19.5 Å². The Morgan fingerprint density at radius 3 is 1.29 bits per heavy atom. The van der Waals surface area contributed by atoms with Crippen molar-refractivity contribution >= 4 is 46.0 Å². The Hall–Kier alpha value is -2.52. The molecule has 0 heterocycles. The van der Waals surface area contributed by atoms with E-state index in [9.17, 15) is 9.59 Å². The number of likely N-dealkylation sites (N-methyl/N-ethyl adjacent to an activating group) is 2. The molecule has 2 rings (SSSR count). The zero-order valence-corrected chi connectivity index (χ0v) is 19.9. The standard InChI is InChI=1S/C23H28N4O2S2/c1-24(26(3)22(30)18-11-7-5-8-12-18)16-20(28)15-21(29)17-25(2)27(4)23(31)19-13-9-6-10-14-19/h5-14H,15-17H2,1-4H3. The molecule has 2 aromatic carbocycles. The molecular formula is C23H28N4O2S2. The summed E-state index contributed by atoms with van der Waals surface area (Å²) in [4.78, 5) is 26.1. The van der Waals surface area contributed by atoms with Crippen LogP contribution in [0.25, 0.3) is 0 Å². The third-order valence-corrected chi connectivity index (χ3v) is 5.86. The second-order valence-corrected chi connectivity index (χ2v) is 8.05. The zero-order valence-electron chi connectivity index (χ0n) is 18.3. The molecule has 0 amide bonds. The number of hydrazine groups is 2. The molecule has 0 radical (unpaired) electrons. The lowest BCUT2D eigenvalue weighted by Gasteiger charge is -2.31. The van der Waals surface area contributed by atoms with Gasteiger partial charge in [0.2, 0.25) is 0 Å². The fraction of sp³-hybridized carbons (Fsp3) is 0.304. The predicted octanol–water partition coefficient (Wildman–Crippen LogP) is 2.82. The molecule has 2 aromatic rings. The largest absolute Gasteiger partial charge is 0.298 e. The summed E-state index contributed by atoms with van der Waals surface area (Å²) in [5, 5.41) is 6.91. The highest BCUT2D eigenvalue weighted by molar-refractivity contribution is 7.80. The Morgan fingerprint density at radius 1 is 0.645 bits per heavy atom. The topological polar surface area (TPSA) is 47.1 Å². The van der Waals surface area contributed by atoms with Crippen molar-refractivity contribution in [2.45, 2.75) is 6.42 Å². The third-order valence-electron chi connectivity index (χ3n) is 4.86. The summed E-state index contributed by atoms with van der Waals surface area (Å²) in [6.07, 6.45) is -0.146. The molecule has 0 aliphatic heterocycles. The van der Waals surface area contributed by atoms with E-state index in [1.165, 1.54) is 0 Å². The third kappa shape index (κ3) is 7.29. The van der Waals surface area contributed by atoms with Gasteiger partial charge in [0.1, 0.15) is 9.98 Å². The number of benzene rings is 2. The van der Waals surface area contributed by atoms with Gasteiger partial charge in [-0.1, -0.05) is 85.1 Å². The van der Waals surface area contributed by atoms with Crippen molar-refractivity contribution in [3.8, 4) is 0 Å². The molecular weight excluding hydrogens is 428 g/mol. The van der Waals surface area contributed by atoms with Gasteiger partial charge in [0.15, 0.2) is 11.6 Å². The molecule has 0 saturated heterocycles. The van der Waals surface area contributed by atoms with Gasteiger partial charge in [-0.3, -0.25) is 19.6 Å². The number of hydrogen-bond donors (Lipinski definition) is 0. The maximum absolute atomic E-state index is 12.4. The molecule has 0 aliphatic carbocycles. The number of Topliss-reactive ketones (excluding diaryl/α,β-unsaturated/α-hetero) is 2. The molecule has 31 heavy (non-hydrogen) atoms.